The second kappa shape index (κ2) is 6.17. The molecule has 31 heavy (non-hydrogen) atoms. The number of hydrogen-bond acceptors (Lipinski definition) is 4. The molecule has 0 aromatic heterocycles. The number of anilines is 2. The Morgan fingerprint density at radius 1 is 1.10 bits per heavy atom. The Balaban J connectivity index is 1.57. The van der Waals surface area contributed by atoms with Crippen molar-refractivity contribution in [3.8, 4) is 0 Å². The van der Waals surface area contributed by atoms with E-state index in [0.717, 1.165) is 35.2 Å². The molecule has 3 saturated heterocycles. The average Bonchev–Trinajstić information content (AvgIpc) is 3.43. The first kappa shape index (κ1) is 19.0. The first-order valence-corrected chi connectivity index (χ1v) is 11.1. The number of aryl methyl sites for hydroxylation is 1. The molecule has 3 amide bonds. The van der Waals surface area contributed by atoms with Gasteiger partial charge in [0, 0.05) is 22.3 Å². The number of amides is 3. The van der Waals surface area contributed by atoms with E-state index in [9.17, 15) is 14.4 Å². The molecule has 0 radical (unpaired) electrons. The number of fused-ring (bicyclic) bond motifs is 7. The van der Waals surface area contributed by atoms with Crippen LogP contribution in [0.3, 0.4) is 0 Å². The summed E-state index contributed by atoms with van der Waals surface area (Å²) in [5.74, 6) is -2.01. The summed E-state index contributed by atoms with van der Waals surface area (Å²) in [7, 11) is 0. The van der Waals surface area contributed by atoms with E-state index >= 15 is 0 Å². The zero-order valence-electron chi connectivity index (χ0n) is 17.3. The van der Waals surface area contributed by atoms with E-state index in [0.29, 0.717) is 17.3 Å². The average molecular weight is 436 g/mol. The molecule has 4 aliphatic heterocycles. The van der Waals surface area contributed by atoms with E-state index in [2.05, 4.69) is 10.2 Å². The lowest BCUT2D eigenvalue weighted by Gasteiger charge is -2.36. The van der Waals surface area contributed by atoms with Gasteiger partial charge < -0.3 is 5.32 Å². The Hall–Kier alpha value is -2.70. The maximum absolute atomic E-state index is 13.9. The minimum absolute atomic E-state index is 0.121. The maximum atomic E-state index is 13.9. The molecule has 6 rings (SSSR count). The van der Waals surface area contributed by atoms with Gasteiger partial charge in [-0.2, -0.15) is 0 Å². The van der Waals surface area contributed by atoms with Gasteiger partial charge in [-0.1, -0.05) is 29.8 Å². The zero-order chi connectivity index (χ0) is 21.7. The molecule has 6 nitrogen and oxygen atoms in total. The van der Waals surface area contributed by atoms with Gasteiger partial charge in [0.05, 0.1) is 17.5 Å². The van der Waals surface area contributed by atoms with E-state index in [1.807, 2.05) is 26.0 Å². The van der Waals surface area contributed by atoms with Gasteiger partial charge >= 0.3 is 0 Å². The number of carbonyl (C=O) groups excluding carboxylic acids is 3. The van der Waals surface area contributed by atoms with Crippen molar-refractivity contribution in [3.63, 3.8) is 0 Å². The van der Waals surface area contributed by atoms with Crippen molar-refractivity contribution in [2.75, 3.05) is 16.8 Å². The molecule has 0 aliphatic carbocycles. The third-order valence-electron chi connectivity index (χ3n) is 7.77. The number of hydrogen-bond donors (Lipinski definition) is 1. The third kappa shape index (κ3) is 2.14. The van der Waals surface area contributed by atoms with Gasteiger partial charge in [0.25, 0.3) is 0 Å². The highest BCUT2D eigenvalue weighted by Gasteiger charge is 2.74. The standard InChI is InChI=1S/C24H22ClN3O3/c1-12-8-9-16-20(13(12)2)26-23(31)24(16)19-18(17-7-4-10-27(17)24)21(29)28(22(19)30)15-6-3-5-14(25)11-15/h3,5-6,8-9,11,17-19H,4,7,10H2,1-2H3,(H,26,31). The van der Waals surface area contributed by atoms with Gasteiger partial charge in [0.1, 0.15) is 5.54 Å². The molecule has 3 fully saturated rings. The minimum atomic E-state index is -1.14. The van der Waals surface area contributed by atoms with Crippen LogP contribution in [-0.4, -0.2) is 35.2 Å². The summed E-state index contributed by atoms with van der Waals surface area (Å²) in [5, 5.41) is 3.54. The van der Waals surface area contributed by atoms with Crippen molar-refractivity contribution in [3.05, 3.63) is 58.1 Å². The van der Waals surface area contributed by atoms with Crippen LogP contribution in [0.15, 0.2) is 36.4 Å². The minimum Gasteiger partial charge on any atom is -0.324 e. The molecule has 4 atom stereocenters. The lowest BCUT2D eigenvalue weighted by atomic mass is 9.75. The van der Waals surface area contributed by atoms with E-state index in [1.165, 1.54) is 4.90 Å². The summed E-state index contributed by atoms with van der Waals surface area (Å²) >= 11 is 6.15. The van der Waals surface area contributed by atoms with Crippen molar-refractivity contribution in [2.45, 2.75) is 38.3 Å². The lowest BCUT2D eigenvalue weighted by molar-refractivity contribution is -0.135. The van der Waals surface area contributed by atoms with Crippen molar-refractivity contribution >= 4 is 40.7 Å². The van der Waals surface area contributed by atoms with Crippen LogP contribution >= 0.6 is 11.6 Å². The number of halogens is 1. The fraction of sp³-hybridized carbons (Fsp3) is 0.375. The molecule has 0 bridgehead atoms. The van der Waals surface area contributed by atoms with E-state index in [1.54, 1.807) is 24.3 Å². The summed E-state index contributed by atoms with van der Waals surface area (Å²) < 4.78 is 0. The van der Waals surface area contributed by atoms with Gasteiger partial charge in [0.15, 0.2) is 0 Å². The topological polar surface area (TPSA) is 69.7 Å². The molecule has 2 aromatic carbocycles. The van der Waals surface area contributed by atoms with Crippen LogP contribution in [0.5, 0.6) is 0 Å². The van der Waals surface area contributed by atoms with Crippen LogP contribution in [0.1, 0.15) is 29.5 Å². The van der Waals surface area contributed by atoms with Gasteiger partial charge in [-0.3, -0.25) is 19.3 Å². The Morgan fingerprint density at radius 3 is 2.68 bits per heavy atom. The largest absolute Gasteiger partial charge is 0.324 e. The third-order valence-corrected chi connectivity index (χ3v) is 8.00. The van der Waals surface area contributed by atoms with Gasteiger partial charge in [-0.15, -0.1) is 0 Å². The molecule has 158 valence electrons. The normalized spacial score (nSPS) is 31.4. The summed E-state index contributed by atoms with van der Waals surface area (Å²) in [4.78, 5) is 44.6. The number of rotatable bonds is 1. The summed E-state index contributed by atoms with van der Waals surface area (Å²) in [6.07, 6.45) is 1.71. The Bertz CT molecular complexity index is 1190. The number of imide groups is 1. The van der Waals surface area contributed by atoms with Crippen LogP contribution < -0.4 is 10.2 Å². The number of nitrogens with zero attached hydrogens (tertiary/aromatic N) is 2. The fourth-order valence-electron chi connectivity index (χ4n) is 6.39. The number of nitrogens with one attached hydrogen (secondary N) is 1. The SMILES string of the molecule is Cc1ccc2c(c1C)NC(=O)C21C2C(=O)N(c3cccc(Cl)c3)C(=O)C2C2CCCN21. The molecule has 2 aromatic rings. The predicted octanol–water partition coefficient (Wildman–Crippen LogP) is 3.39. The summed E-state index contributed by atoms with van der Waals surface area (Å²) in [6.45, 7) is 4.70. The Morgan fingerprint density at radius 2 is 1.90 bits per heavy atom. The van der Waals surface area contributed by atoms with Crippen molar-refractivity contribution < 1.29 is 14.4 Å². The molecule has 4 aliphatic rings. The molecule has 0 saturated carbocycles. The van der Waals surface area contributed by atoms with Crippen molar-refractivity contribution in [1.82, 2.24) is 4.90 Å². The Labute approximate surface area is 185 Å². The second-order valence-corrected chi connectivity index (χ2v) is 9.49. The van der Waals surface area contributed by atoms with Crippen LogP contribution in [0, 0.1) is 25.7 Å². The Kier molecular flexibility index (Phi) is 3.79. The van der Waals surface area contributed by atoms with Crippen LogP contribution in [-0.2, 0) is 19.9 Å². The van der Waals surface area contributed by atoms with Gasteiger partial charge in [-0.05, 0) is 62.6 Å². The highest BCUT2D eigenvalue weighted by molar-refractivity contribution is 6.31. The maximum Gasteiger partial charge on any atom is 0.250 e. The molecular weight excluding hydrogens is 414 g/mol. The monoisotopic (exact) mass is 435 g/mol. The molecule has 7 heteroatoms. The van der Waals surface area contributed by atoms with Crippen LogP contribution in [0.4, 0.5) is 11.4 Å². The lowest BCUT2D eigenvalue weighted by Crippen LogP contribution is -2.54. The predicted molar refractivity (Wildman–Crippen MR) is 117 cm³/mol. The number of benzene rings is 2. The van der Waals surface area contributed by atoms with Crippen molar-refractivity contribution in [1.29, 1.82) is 0 Å². The van der Waals surface area contributed by atoms with Crippen LogP contribution in [0.25, 0.3) is 0 Å². The second-order valence-electron chi connectivity index (χ2n) is 9.05. The van der Waals surface area contributed by atoms with Crippen molar-refractivity contribution in [2.24, 2.45) is 11.8 Å². The van der Waals surface area contributed by atoms with Gasteiger partial charge in [-0.25, -0.2) is 4.90 Å². The first-order valence-electron chi connectivity index (χ1n) is 10.7. The number of carbonyl (C=O) groups is 3. The summed E-state index contributed by atoms with van der Waals surface area (Å²) in [6, 6.07) is 10.6. The molecular formula is C24H22ClN3O3. The fourth-order valence-corrected chi connectivity index (χ4v) is 6.57. The highest BCUT2D eigenvalue weighted by Crippen LogP contribution is 2.61. The first-order chi connectivity index (χ1) is 14.9. The van der Waals surface area contributed by atoms with Gasteiger partial charge in [0.2, 0.25) is 17.7 Å². The summed E-state index contributed by atoms with van der Waals surface area (Å²) in [5.41, 5.74) is 3.03. The van der Waals surface area contributed by atoms with E-state index < -0.39 is 17.4 Å². The smallest absolute Gasteiger partial charge is 0.250 e. The molecule has 4 unspecified atom stereocenters. The highest BCUT2D eigenvalue weighted by atomic mass is 35.5. The quantitative estimate of drug-likeness (QED) is 0.697. The van der Waals surface area contributed by atoms with E-state index in [4.69, 9.17) is 11.6 Å². The zero-order valence-corrected chi connectivity index (χ0v) is 18.1. The molecule has 1 spiro atoms. The van der Waals surface area contributed by atoms with E-state index in [-0.39, 0.29) is 23.8 Å². The van der Waals surface area contributed by atoms with Crippen LogP contribution in [0.2, 0.25) is 5.02 Å². The molecule has 4 heterocycles. The molecule has 1 N–H and O–H groups in total.